The van der Waals surface area contributed by atoms with Crippen LogP contribution in [0.5, 0.6) is 0 Å². The third-order valence-electron chi connectivity index (χ3n) is 4.98. The second-order valence-corrected chi connectivity index (χ2v) is 7.27. The molecule has 1 aromatic carbocycles. The minimum atomic E-state index is 0.0805. The van der Waals surface area contributed by atoms with Crippen molar-refractivity contribution in [2.45, 2.75) is 12.3 Å². The van der Waals surface area contributed by atoms with Crippen LogP contribution in [0.25, 0.3) is 0 Å². The standard InChI is InChI=1S/C19H20N2O2S/c22-18(15-6-11-24-13-15)20-7-9-21(10-8-20)19(23)17-12-16(17)14-4-2-1-3-5-14/h1-6,11,13,16-17H,7-10,12H2/t16-,17+/m1/s1. The molecule has 1 saturated carbocycles. The van der Waals surface area contributed by atoms with Crippen molar-refractivity contribution in [2.75, 3.05) is 26.2 Å². The van der Waals surface area contributed by atoms with Crippen molar-refractivity contribution < 1.29 is 9.59 Å². The predicted molar refractivity (Wildman–Crippen MR) is 94.1 cm³/mol. The Hall–Kier alpha value is -2.14. The maximum Gasteiger partial charge on any atom is 0.254 e. The van der Waals surface area contributed by atoms with E-state index in [1.807, 2.05) is 44.8 Å². The van der Waals surface area contributed by atoms with Gasteiger partial charge in [-0.05, 0) is 29.3 Å². The van der Waals surface area contributed by atoms with Crippen molar-refractivity contribution in [3.8, 4) is 0 Å². The highest BCUT2D eigenvalue weighted by Gasteiger charge is 2.46. The van der Waals surface area contributed by atoms with Crippen molar-refractivity contribution >= 4 is 23.2 Å². The molecule has 2 atom stereocenters. The zero-order valence-electron chi connectivity index (χ0n) is 13.4. The van der Waals surface area contributed by atoms with Crippen LogP contribution in [0.15, 0.2) is 47.2 Å². The van der Waals surface area contributed by atoms with Crippen molar-refractivity contribution in [1.29, 1.82) is 0 Å². The molecule has 1 aromatic heterocycles. The first-order valence-corrected chi connectivity index (χ1v) is 9.33. The second kappa shape index (κ2) is 6.40. The molecule has 2 heterocycles. The Balaban J connectivity index is 1.32. The molecule has 2 aliphatic rings. The van der Waals surface area contributed by atoms with Gasteiger partial charge in [0.1, 0.15) is 0 Å². The Morgan fingerprint density at radius 1 is 0.958 bits per heavy atom. The number of rotatable bonds is 3. The van der Waals surface area contributed by atoms with E-state index >= 15 is 0 Å². The summed E-state index contributed by atoms with van der Waals surface area (Å²) in [6.45, 7) is 2.55. The Kier molecular flexibility index (Phi) is 4.10. The van der Waals surface area contributed by atoms with Gasteiger partial charge in [0.2, 0.25) is 5.91 Å². The van der Waals surface area contributed by atoms with E-state index in [-0.39, 0.29) is 17.7 Å². The lowest BCUT2D eigenvalue weighted by molar-refractivity contribution is -0.134. The molecule has 0 N–H and O–H groups in total. The van der Waals surface area contributed by atoms with Crippen LogP contribution in [0.4, 0.5) is 0 Å². The van der Waals surface area contributed by atoms with Crippen LogP contribution in [-0.2, 0) is 4.79 Å². The molecular weight excluding hydrogens is 320 g/mol. The molecule has 4 nitrogen and oxygen atoms in total. The zero-order chi connectivity index (χ0) is 16.5. The lowest BCUT2D eigenvalue weighted by atomic mass is 10.1. The molecule has 124 valence electrons. The molecule has 2 amide bonds. The Labute approximate surface area is 145 Å². The third kappa shape index (κ3) is 2.96. The summed E-state index contributed by atoms with van der Waals surface area (Å²) in [7, 11) is 0. The number of piperazine rings is 1. The SMILES string of the molecule is O=C(c1ccsc1)N1CCN(C(=O)[C@H]2C[C@@H]2c2ccccc2)CC1. The lowest BCUT2D eigenvalue weighted by Crippen LogP contribution is -2.51. The van der Waals surface area contributed by atoms with E-state index in [1.54, 1.807) is 0 Å². The smallest absolute Gasteiger partial charge is 0.254 e. The highest BCUT2D eigenvalue weighted by atomic mass is 32.1. The Morgan fingerprint density at radius 2 is 1.67 bits per heavy atom. The largest absolute Gasteiger partial charge is 0.339 e. The number of carbonyl (C=O) groups is 2. The molecule has 5 heteroatoms. The van der Waals surface area contributed by atoms with Crippen molar-refractivity contribution in [2.24, 2.45) is 5.92 Å². The van der Waals surface area contributed by atoms with Gasteiger partial charge in [-0.15, -0.1) is 0 Å². The minimum absolute atomic E-state index is 0.0805. The topological polar surface area (TPSA) is 40.6 Å². The summed E-state index contributed by atoms with van der Waals surface area (Å²) < 4.78 is 0. The molecule has 0 bridgehead atoms. The molecule has 0 unspecified atom stereocenters. The van der Waals surface area contributed by atoms with Gasteiger partial charge in [-0.2, -0.15) is 11.3 Å². The van der Waals surface area contributed by atoms with Gasteiger partial charge in [-0.3, -0.25) is 9.59 Å². The number of thiophene rings is 1. The maximum atomic E-state index is 12.7. The zero-order valence-corrected chi connectivity index (χ0v) is 14.2. The first kappa shape index (κ1) is 15.4. The average molecular weight is 340 g/mol. The van der Waals surface area contributed by atoms with Gasteiger partial charge in [-0.25, -0.2) is 0 Å². The monoisotopic (exact) mass is 340 g/mol. The van der Waals surface area contributed by atoms with E-state index in [4.69, 9.17) is 0 Å². The predicted octanol–water partition coefficient (Wildman–Crippen LogP) is 2.84. The van der Waals surface area contributed by atoms with Gasteiger partial charge in [0.25, 0.3) is 5.91 Å². The number of nitrogens with zero attached hydrogens (tertiary/aromatic N) is 2. The minimum Gasteiger partial charge on any atom is -0.339 e. The number of carbonyl (C=O) groups excluding carboxylic acids is 2. The Bertz CT molecular complexity index is 721. The molecule has 1 aliphatic carbocycles. The van der Waals surface area contributed by atoms with Gasteiger partial charge >= 0.3 is 0 Å². The molecule has 2 aromatic rings. The summed E-state index contributed by atoms with van der Waals surface area (Å²) in [4.78, 5) is 28.8. The number of hydrogen-bond donors (Lipinski definition) is 0. The summed E-state index contributed by atoms with van der Waals surface area (Å²) >= 11 is 1.54. The Morgan fingerprint density at radius 3 is 2.33 bits per heavy atom. The van der Waals surface area contributed by atoms with E-state index in [9.17, 15) is 9.59 Å². The lowest BCUT2D eigenvalue weighted by Gasteiger charge is -2.35. The fraction of sp³-hybridized carbons (Fsp3) is 0.368. The van der Waals surface area contributed by atoms with Crippen LogP contribution >= 0.6 is 11.3 Å². The third-order valence-corrected chi connectivity index (χ3v) is 5.67. The molecule has 0 radical (unpaired) electrons. The number of hydrogen-bond acceptors (Lipinski definition) is 3. The van der Waals surface area contributed by atoms with Crippen LogP contribution in [0.3, 0.4) is 0 Å². The van der Waals surface area contributed by atoms with Crippen LogP contribution < -0.4 is 0 Å². The maximum absolute atomic E-state index is 12.7. The van der Waals surface area contributed by atoms with Gasteiger partial charge in [0.15, 0.2) is 0 Å². The number of amides is 2. The van der Waals surface area contributed by atoms with E-state index < -0.39 is 0 Å². The fourth-order valence-electron chi connectivity index (χ4n) is 3.47. The summed E-state index contributed by atoms with van der Waals surface area (Å²) in [6.07, 6.45) is 0.955. The van der Waals surface area contributed by atoms with Gasteiger partial charge in [-0.1, -0.05) is 30.3 Å². The van der Waals surface area contributed by atoms with Crippen LogP contribution in [0, 0.1) is 5.92 Å². The van der Waals surface area contributed by atoms with E-state index in [0.29, 0.717) is 32.1 Å². The van der Waals surface area contributed by atoms with Crippen LogP contribution in [-0.4, -0.2) is 47.8 Å². The molecule has 4 rings (SSSR count). The average Bonchev–Trinajstić information content (AvgIpc) is 3.26. The summed E-state index contributed by atoms with van der Waals surface area (Å²) in [5, 5.41) is 3.80. The molecule has 24 heavy (non-hydrogen) atoms. The van der Waals surface area contributed by atoms with Crippen molar-refractivity contribution in [3.05, 3.63) is 58.3 Å². The summed E-state index contributed by atoms with van der Waals surface area (Å²) in [5.74, 6) is 0.846. The van der Waals surface area contributed by atoms with E-state index in [2.05, 4.69) is 12.1 Å². The van der Waals surface area contributed by atoms with Crippen LogP contribution in [0.2, 0.25) is 0 Å². The summed E-state index contributed by atoms with van der Waals surface area (Å²) in [6, 6.07) is 12.1. The highest BCUT2D eigenvalue weighted by molar-refractivity contribution is 7.08. The summed E-state index contributed by atoms with van der Waals surface area (Å²) in [5.41, 5.74) is 2.02. The van der Waals surface area contributed by atoms with E-state index in [1.165, 1.54) is 16.9 Å². The van der Waals surface area contributed by atoms with Gasteiger partial charge < -0.3 is 9.80 Å². The molecular formula is C19H20N2O2S. The second-order valence-electron chi connectivity index (χ2n) is 6.49. The van der Waals surface area contributed by atoms with Crippen LogP contribution in [0.1, 0.15) is 28.3 Å². The normalized spacial score (nSPS) is 23.2. The van der Waals surface area contributed by atoms with Crippen molar-refractivity contribution in [3.63, 3.8) is 0 Å². The molecule has 0 spiro atoms. The quantitative estimate of drug-likeness (QED) is 0.862. The number of benzene rings is 1. The first-order valence-electron chi connectivity index (χ1n) is 8.39. The van der Waals surface area contributed by atoms with Gasteiger partial charge in [0.05, 0.1) is 5.56 Å². The van der Waals surface area contributed by atoms with Crippen molar-refractivity contribution in [1.82, 2.24) is 9.80 Å². The highest BCUT2D eigenvalue weighted by Crippen LogP contribution is 2.48. The molecule has 2 fully saturated rings. The van der Waals surface area contributed by atoms with Gasteiger partial charge in [0, 0.05) is 37.5 Å². The molecule has 1 saturated heterocycles. The first-order chi connectivity index (χ1) is 11.7. The fourth-order valence-corrected chi connectivity index (χ4v) is 4.10. The van der Waals surface area contributed by atoms with E-state index in [0.717, 1.165) is 12.0 Å². The molecule has 1 aliphatic heterocycles.